The van der Waals surface area contributed by atoms with Crippen LogP contribution in [0.5, 0.6) is 0 Å². The van der Waals surface area contributed by atoms with E-state index in [0.29, 0.717) is 0 Å². The topological polar surface area (TPSA) is 43.2 Å². The van der Waals surface area contributed by atoms with Gasteiger partial charge in [0.2, 0.25) is 0 Å². The molecule has 1 N–H and O–H groups in total. The minimum atomic E-state index is -0.282. The Morgan fingerprint density at radius 3 is 2.33 bits per heavy atom. The zero-order valence-electron chi connectivity index (χ0n) is 3.86. The Balaban J connectivity index is 2.99. The smallest absolute Gasteiger partial charge is 0.335 e. The van der Waals surface area contributed by atoms with Crippen LogP contribution in [0.25, 0.3) is 0 Å². The van der Waals surface area contributed by atoms with Gasteiger partial charge in [-0.25, -0.2) is 10.1 Å². The first kappa shape index (κ1) is 5.27. The largest absolute Gasteiger partial charge is 0.340 e. The van der Waals surface area contributed by atoms with Gasteiger partial charge in [-0.1, -0.05) is 0 Å². The summed E-state index contributed by atoms with van der Waals surface area (Å²) in [4.78, 5) is 9.90. The molecular formula is C3H7N2O. The summed E-state index contributed by atoms with van der Waals surface area (Å²) in [5, 5.41) is 5.57. The fraction of sp³-hybridized carbons (Fsp3) is 0.667. The average Bonchev–Trinajstić information content (AvgIpc) is 1.65. The van der Waals surface area contributed by atoms with Gasteiger partial charge in [-0.15, -0.1) is 0 Å². The lowest BCUT2D eigenvalue weighted by Crippen LogP contribution is -2.23. The number of nitrogens with one attached hydrogen (secondary N) is 1. The molecule has 0 aromatic heterocycles. The van der Waals surface area contributed by atoms with Crippen LogP contribution in [0.4, 0.5) is 4.79 Å². The van der Waals surface area contributed by atoms with Crippen molar-refractivity contribution < 1.29 is 4.79 Å². The Labute approximate surface area is 36.7 Å². The number of carbonyl (C=O) groups excluding carboxylic acids is 1. The van der Waals surface area contributed by atoms with Crippen molar-refractivity contribution >= 4 is 6.03 Å². The highest BCUT2D eigenvalue weighted by molar-refractivity contribution is 5.72. The summed E-state index contributed by atoms with van der Waals surface area (Å²) in [6.45, 7) is 0. The Morgan fingerprint density at radius 1 is 1.83 bits per heavy atom. The molecule has 0 aliphatic carbocycles. The van der Waals surface area contributed by atoms with Gasteiger partial charge in [0.25, 0.3) is 0 Å². The van der Waals surface area contributed by atoms with Gasteiger partial charge in [-0.3, -0.25) is 0 Å². The number of nitrogens with zero attached hydrogens (tertiary/aromatic N) is 1. The Hall–Kier alpha value is -0.730. The molecule has 0 saturated carbocycles. The summed E-state index contributed by atoms with van der Waals surface area (Å²) in [6.07, 6.45) is 0. The van der Waals surface area contributed by atoms with Gasteiger partial charge in [0.05, 0.1) is 0 Å². The number of hydrogen-bond donors (Lipinski definition) is 1. The average molecular weight is 87.1 g/mol. The van der Waals surface area contributed by atoms with Crippen LogP contribution in [0.1, 0.15) is 0 Å². The molecule has 6 heavy (non-hydrogen) atoms. The lowest BCUT2D eigenvalue weighted by molar-refractivity contribution is 0.244. The SMILES string of the molecule is C[N]C(=O)NC. The van der Waals surface area contributed by atoms with E-state index in [1.165, 1.54) is 14.1 Å². The maximum Gasteiger partial charge on any atom is 0.335 e. The van der Waals surface area contributed by atoms with E-state index < -0.39 is 0 Å². The molecule has 2 amide bonds. The Kier molecular flexibility index (Phi) is 2.20. The minimum Gasteiger partial charge on any atom is -0.340 e. The lowest BCUT2D eigenvalue weighted by Gasteiger charge is -1.87. The zero-order valence-corrected chi connectivity index (χ0v) is 3.86. The molecule has 0 aliphatic heterocycles. The Morgan fingerprint density at radius 2 is 2.33 bits per heavy atom. The van der Waals surface area contributed by atoms with Crippen molar-refractivity contribution in [3.63, 3.8) is 0 Å². The van der Waals surface area contributed by atoms with Crippen molar-refractivity contribution in [3.05, 3.63) is 0 Å². The number of urea groups is 1. The number of rotatable bonds is 0. The second kappa shape index (κ2) is 2.50. The summed E-state index contributed by atoms with van der Waals surface area (Å²) < 4.78 is 0. The van der Waals surface area contributed by atoms with Crippen molar-refractivity contribution in [2.45, 2.75) is 0 Å². The van der Waals surface area contributed by atoms with Gasteiger partial charge in [0.1, 0.15) is 0 Å². The van der Waals surface area contributed by atoms with Gasteiger partial charge in [-0.05, 0) is 0 Å². The molecule has 0 fully saturated rings. The molecule has 0 spiro atoms. The molecule has 0 saturated heterocycles. The van der Waals surface area contributed by atoms with Crippen molar-refractivity contribution in [3.8, 4) is 0 Å². The van der Waals surface area contributed by atoms with Gasteiger partial charge in [0.15, 0.2) is 0 Å². The summed E-state index contributed by atoms with van der Waals surface area (Å²) >= 11 is 0. The van der Waals surface area contributed by atoms with E-state index in [1.54, 1.807) is 0 Å². The predicted molar refractivity (Wildman–Crippen MR) is 22.5 cm³/mol. The van der Waals surface area contributed by atoms with Crippen LogP contribution in [0.3, 0.4) is 0 Å². The molecule has 0 bridgehead atoms. The summed E-state index contributed by atoms with van der Waals surface area (Å²) in [6, 6.07) is -0.282. The first-order chi connectivity index (χ1) is 2.81. The lowest BCUT2D eigenvalue weighted by atomic mass is 11.0. The van der Waals surface area contributed by atoms with Crippen LogP contribution in [-0.2, 0) is 0 Å². The van der Waals surface area contributed by atoms with Gasteiger partial charge in [0, 0.05) is 14.1 Å². The highest BCUT2D eigenvalue weighted by Gasteiger charge is 1.84. The van der Waals surface area contributed by atoms with Crippen LogP contribution < -0.4 is 10.6 Å². The molecule has 0 aromatic carbocycles. The van der Waals surface area contributed by atoms with Crippen molar-refractivity contribution in [2.24, 2.45) is 0 Å². The summed E-state index contributed by atoms with van der Waals surface area (Å²) in [5.74, 6) is 0. The van der Waals surface area contributed by atoms with Crippen LogP contribution in [0.2, 0.25) is 0 Å². The summed E-state index contributed by atoms with van der Waals surface area (Å²) in [5.41, 5.74) is 0. The third-order valence-electron chi connectivity index (χ3n) is 0.417. The highest BCUT2D eigenvalue weighted by Crippen LogP contribution is 1.52. The second-order valence-corrected chi connectivity index (χ2v) is 0.779. The zero-order chi connectivity index (χ0) is 4.99. The molecule has 0 aromatic rings. The molecular weight excluding hydrogens is 80.0 g/mol. The minimum absolute atomic E-state index is 0.282. The van der Waals surface area contributed by atoms with E-state index in [9.17, 15) is 4.79 Å². The molecule has 0 rings (SSSR count). The van der Waals surface area contributed by atoms with E-state index >= 15 is 0 Å². The van der Waals surface area contributed by atoms with Crippen LogP contribution in [0.15, 0.2) is 0 Å². The summed E-state index contributed by atoms with van der Waals surface area (Å²) in [7, 11) is 2.98. The maximum atomic E-state index is 9.90. The molecule has 0 heterocycles. The van der Waals surface area contributed by atoms with Gasteiger partial charge < -0.3 is 5.32 Å². The Bertz CT molecular complexity index is 46.8. The number of carbonyl (C=O) groups is 1. The first-order valence-electron chi connectivity index (χ1n) is 1.62. The fourth-order valence-electron chi connectivity index (χ4n) is 0.112. The van der Waals surface area contributed by atoms with Crippen LogP contribution in [0, 0.1) is 0 Å². The maximum absolute atomic E-state index is 9.90. The molecule has 3 heteroatoms. The molecule has 0 atom stereocenters. The normalized spacial score (nSPS) is 7.00. The van der Waals surface area contributed by atoms with E-state index in [1.807, 2.05) is 0 Å². The van der Waals surface area contributed by atoms with E-state index in [2.05, 4.69) is 10.6 Å². The molecule has 35 valence electrons. The first-order valence-corrected chi connectivity index (χ1v) is 1.62. The van der Waals surface area contributed by atoms with Gasteiger partial charge >= 0.3 is 6.03 Å². The number of amides is 2. The molecule has 0 unspecified atom stereocenters. The second-order valence-electron chi connectivity index (χ2n) is 0.779. The standard InChI is InChI=1S/C3H7N2O/c1-4-3(6)5-2/h1-2H3,(H,4,6). The molecule has 0 aliphatic rings. The quantitative estimate of drug-likeness (QED) is 0.427. The molecule has 1 radical (unpaired) electrons. The van der Waals surface area contributed by atoms with Gasteiger partial charge in [-0.2, -0.15) is 0 Å². The monoisotopic (exact) mass is 87.1 g/mol. The van der Waals surface area contributed by atoms with E-state index in [-0.39, 0.29) is 6.03 Å². The number of hydrogen-bond acceptors (Lipinski definition) is 1. The fourth-order valence-corrected chi connectivity index (χ4v) is 0.112. The third kappa shape index (κ3) is 1.58. The van der Waals surface area contributed by atoms with Crippen molar-refractivity contribution in [1.82, 2.24) is 10.6 Å². The van der Waals surface area contributed by atoms with Crippen LogP contribution in [-0.4, -0.2) is 20.1 Å². The van der Waals surface area contributed by atoms with Crippen LogP contribution >= 0.6 is 0 Å². The molecule has 3 nitrogen and oxygen atoms in total. The van der Waals surface area contributed by atoms with E-state index in [0.717, 1.165) is 0 Å². The predicted octanol–water partition coefficient (Wildman–Crippen LogP) is -0.440. The van der Waals surface area contributed by atoms with E-state index in [4.69, 9.17) is 0 Å². The van der Waals surface area contributed by atoms with Crippen molar-refractivity contribution in [1.29, 1.82) is 0 Å². The van der Waals surface area contributed by atoms with Crippen molar-refractivity contribution in [2.75, 3.05) is 14.1 Å². The third-order valence-corrected chi connectivity index (χ3v) is 0.417. The highest BCUT2D eigenvalue weighted by atomic mass is 16.2.